The van der Waals surface area contributed by atoms with Gasteiger partial charge in [0.05, 0.1) is 28.3 Å². The summed E-state index contributed by atoms with van der Waals surface area (Å²) in [4.78, 5) is 19.0. The van der Waals surface area contributed by atoms with Crippen LogP contribution in [-0.4, -0.2) is 56.0 Å². The molecule has 0 fully saturated rings. The summed E-state index contributed by atoms with van der Waals surface area (Å²) in [6.07, 6.45) is -0.264. The number of esters is 1. The first-order valence-electron chi connectivity index (χ1n) is 3.91. The maximum atomic E-state index is 9.63. The van der Waals surface area contributed by atoms with Gasteiger partial charge in [0, 0.05) is 6.92 Å². The van der Waals surface area contributed by atoms with Crippen molar-refractivity contribution in [3.8, 4) is 0 Å². The molecule has 0 amide bonds. The Morgan fingerprint density at radius 2 is 1.64 bits per heavy atom. The minimum absolute atomic E-state index is 0.264. The summed E-state index contributed by atoms with van der Waals surface area (Å²) in [6.45, 7) is 1.78. The van der Waals surface area contributed by atoms with Gasteiger partial charge in [0.25, 0.3) is 0 Å². The number of methoxy groups -OCH3 is 1. The third-order valence-electron chi connectivity index (χ3n) is 1.47. The van der Waals surface area contributed by atoms with Gasteiger partial charge in [-0.25, -0.2) is 4.79 Å². The smallest absolute Gasteiger partial charge is 0.353 e. The number of carboxylic acids is 1. The first-order valence-corrected chi connectivity index (χ1v) is 3.91. The van der Waals surface area contributed by atoms with E-state index < -0.39 is 11.9 Å². The van der Waals surface area contributed by atoms with E-state index in [1.807, 2.05) is 21.1 Å². The Kier molecular flexibility index (Phi) is 6.94. The predicted octanol–water partition coefficient (Wildman–Crippen LogP) is -2.06. The second kappa shape index (κ2) is 6.33. The third kappa shape index (κ3) is 8.95. The molecule has 0 spiro atoms. The third-order valence-corrected chi connectivity index (χ3v) is 1.47. The molecule has 0 heterocycles. The van der Waals surface area contributed by atoms with Crippen LogP contribution in [-0.2, 0) is 14.3 Å². The molecule has 84 valence electrons. The quantitative estimate of drug-likeness (QED) is 0.231. The number of carbonyl (C=O) groups excluding carboxylic acids is 2. The predicted molar refractivity (Wildman–Crippen MR) is 46.7 cm³/mol. The summed E-state index contributed by atoms with van der Waals surface area (Å²) in [6, 6.07) is 0. The lowest BCUT2D eigenvalue weighted by molar-refractivity contribution is -0.916. The lowest BCUT2D eigenvalue weighted by atomic mass is 10.5. The number of aliphatic hydroxyl groups excluding tert-OH is 1. The van der Waals surface area contributed by atoms with Crippen molar-refractivity contribution in [3.05, 3.63) is 0 Å². The highest BCUT2D eigenvalue weighted by Crippen LogP contribution is 1.94. The molecule has 0 aliphatic heterocycles. The molecule has 0 rings (SSSR count). The average Bonchev–Trinajstić information content (AvgIpc) is 2.02. The zero-order valence-corrected chi connectivity index (χ0v) is 9.10. The molecule has 0 aliphatic carbocycles. The molecule has 1 unspecified atom stereocenters. The van der Waals surface area contributed by atoms with Crippen molar-refractivity contribution in [2.45, 2.75) is 13.2 Å². The maximum Gasteiger partial charge on any atom is 0.353 e. The number of hydrogen-bond donors (Lipinski definition) is 1. The van der Waals surface area contributed by atoms with Crippen molar-refractivity contribution >= 4 is 11.9 Å². The van der Waals surface area contributed by atoms with Gasteiger partial charge in [0.1, 0.15) is 0 Å². The highest BCUT2D eigenvalue weighted by Gasteiger charge is 2.12. The average molecular weight is 207 g/mol. The highest BCUT2D eigenvalue weighted by atomic mass is 16.5. The molecule has 0 aromatic rings. The van der Waals surface area contributed by atoms with Crippen LogP contribution in [0.2, 0.25) is 0 Å². The number of aliphatic hydroxyl groups is 1. The van der Waals surface area contributed by atoms with Crippen LogP contribution in [0.5, 0.6) is 0 Å². The molecular formula is C8H17NO5. The normalized spacial score (nSPS) is 12.1. The summed E-state index contributed by atoms with van der Waals surface area (Å²) >= 11 is 0. The fraction of sp³-hybridized carbons (Fsp3) is 0.750. The van der Waals surface area contributed by atoms with Crippen molar-refractivity contribution in [1.29, 1.82) is 0 Å². The molecule has 0 aliphatic rings. The standard InChI is InChI=1S/C5H14NO.C3H4O4/c1-5(7)6(2,3)4;1-7-3(6)2(4)5/h5,7H,1-4H3;1H3,(H,4,5)/q+1;/p-1. The fourth-order valence-electron chi connectivity index (χ4n) is 0.0833. The Morgan fingerprint density at radius 3 is 1.64 bits per heavy atom. The molecule has 0 saturated carbocycles. The molecule has 6 heteroatoms. The van der Waals surface area contributed by atoms with Gasteiger partial charge >= 0.3 is 5.97 Å². The van der Waals surface area contributed by atoms with E-state index in [0.29, 0.717) is 4.48 Å². The SMILES string of the molecule is CC(O)[N+](C)(C)C.COC(=O)C(=O)[O-]. The molecule has 0 bridgehead atoms. The van der Waals surface area contributed by atoms with Gasteiger partial charge in [-0.2, -0.15) is 0 Å². The monoisotopic (exact) mass is 207 g/mol. The largest absolute Gasteiger partial charge is 0.539 e. The van der Waals surface area contributed by atoms with Gasteiger partial charge in [-0.15, -0.1) is 0 Å². The molecule has 0 aromatic carbocycles. The summed E-state index contributed by atoms with van der Waals surface area (Å²) < 4.78 is 4.32. The number of hydrogen-bond acceptors (Lipinski definition) is 5. The van der Waals surface area contributed by atoms with Crippen molar-refractivity contribution in [3.63, 3.8) is 0 Å². The van der Waals surface area contributed by atoms with Crippen molar-refractivity contribution in [1.82, 2.24) is 0 Å². The summed E-state index contributed by atoms with van der Waals surface area (Å²) in [7, 11) is 6.82. The molecule has 6 nitrogen and oxygen atoms in total. The van der Waals surface area contributed by atoms with Crippen LogP contribution in [0, 0.1) is 0 Å². The van der Waals surface area contributed by atoms with Crippen molar-refractivity contribution in [2.24, 2.45) is 0 Å². The first kappa shape index (κ1) is 15.3. The molecule has 0 aromatic heterocycles. The molecule has 14 heavy (non-hydrogen) atoms. The van der Waals surface area contributed by atoms with Gasteiger partial charge in [-0.05, 0) is 0 Å². The number of ether oxygens (including phenoxy) is 1. The van der Waals surface area contributed by atoms with Gasteiger partial charge in [0.15, 0.2) is 12.2 Å². The van der Waals surface area contributed by atoms with Crippen LogP contribution in [0.15, 0.2) is 0 Å². The molecule has 0 radical (unpaired) electrons. The number of carbonyl (C=O) groups is 2. The summed E-state index contributed by atoms with van der Waals surface area (Å²) in [5.41, 5.74) is 0. The van der Waals surface area contributed by atoms with Gasteiger partial charge in [0.2, 0.25) is 0 Å². The topological polar surface area (TPSA) is 86.7 Å². The van der Waals surface area contributed by atoms with Crippen LogP contribution in [0.25, 0.3) is 0 Å². The second-order valence-corrected chi connectivity index (χ2v) is 3.53. The molecular weight excluding hydrogens is 190 g/mol. The van der Waals surface area contributed by atoms with E-state index in [9.17, 15) is 14.7 Å². The minimum Gasteiger partial charge on any atom is -0.539 e. The Bertz CT molecular complexity index is 194. The van der Waals surface area contributed by atoms with Crippen LogP contribution in [0.4, 0.5) is 0 Å². The van der Waals surface area contributed by atoms with E-state index in [2.05, 4.69) is 4.74 Å². The van der Waals surface area contributed by atoms with Gasteiger partial charge < -0.3 is 24.2 Å². The van der Waals surface area contributed by atoms with Crippen LogP contribution >= 0.6 is 0 Å². The number of nitrogens with zero attached hydrogens (tertiary/aromatic N) is 1. The Balaban J connectivity index is 0. The van der Waals surface area contributed by atoms with E-state index in [1.54, 1.807) is 6.92 Å². The van der Waals surface area contributed by atoms with E-state index in [0.717, 1.165) is 7.11 Å². The second-order valence-electron chi connectivity index (χ2n) is 3.53. The van der Waals surface area contributed by atoms with Crippen molar-refractivity contribution in [2.75, 3.05) is 28.3 Å². The van der Waals surface area contributed by atoms with Crippen LogP contribution in [0.1, 0.15) is 6.92 Å². The van der Waals surface area contributed by atoms with Crippen molar-refractivity contribution < 1.29 is 29.0 Å². The Hall–Kier alpha value is -1.14. The number of aliphatic carboxylic acids is 1. The summed E-state index contributed by atoms with van der Waals surface area (Å²) in [5, 5.41) is 18.2. The lowest BCUT2D eigenvalue weighted by Gasteiger charge is -2.26. The number of quaternary nitrogens is 1. The molecule has 1 atom stereocenters. The van der Waals surface area contributed by atoms with Crippen LogP contribution in [0.3, 0.4) is 0 Å². The maximum absolute atomic E-state index is 9.63. The Morgan fingerprint density at radius 1 is 1.36 bits per heavy atom. The lowest BCUT2D eigenvalue weighted by Crippen LogP contribution is -2.42. The van der Waals surface area contributed by atoms with E-state index in [-0.39, 0.29) is 6.23 Å². The van der Waals surface area contributed by atoms with Crippen LogP contribution < -0.4 is 5.11 Å². The van der Waals surface area contributed by atoms with Gasteiger partial charge in [-0.1, -0.05) is 0 Å². The first-order chi connectivity index (χ1) is 6.12. The van der Waals surface area contributed by atoms with Gasteiger partial charge in [-0.3, -0.25) is 0 Å². The van der Waals surface area contributed by atoms with E-state index >= 15 is 0 Å². The van der Waals surface area contributed by atoms with E-state index in [4.69, 9.17) is 5.11 Å². The molecule has 0 saturated heterocycles. The summed E-state index contributed by atoms with van der Waals surface area (Å²) in [5.74, 6) is -3.16. The zero-order valence-electron chi connectivity index (χ0n) is 9.10. The fourth-order valence-corrected chi connectivity index (χ4v) is 0.0833. The molecule has 1 N–H and O–H groups in total. The zero-order chi connectivity index (χ0) is 11.9. The number of carboxylic acid groups (broad SMARTS) is 1. The van der Waals surface area contributed by atoms with E-state index in [1.165, 1.54) is 0 Å². The minimum atomic E-state index is -1.82. The highest BCUT2D eigenvalue weighted by molar-refractivity contribution is 6.27. The Labute approximate surface area is 83.3 Å². The number of rotatable bonds is 1.